The summed E-state index contributed by atoms with van der Waals surface area (Å²) in [5, 5.41) is 8.44. The standard InChI is InChI=1S/C4H7NOS/c6-1-4-2-7-3-5-4/h3-4,6H,1-2H2. The average Bonchev–Trinajstić information content (AvgIpc) is 2.14. The van der Waals surface area contributed by atoms with Crippen LogP contribution in [0.2, 0.25) is 0 Å². The van der Waals surface area contributed by atoms with Crippen molar-refractivity contribution in [3.63, 3.8) is 0 Å². The fourth-order valence-corrected chi connectivity index (χ4v) is 1.18. The molecular weight excluding hydrogens is 110 g/mol. The van der Waals surface area contributed by atoms with Gasteiger partial charge in [0.1, 0.15) is 0 Å². The summed E-state index contributed by atoms with van der Waals surface area (Å²) in [6, 6.07) is 0.185. The monoisotopic (exact) mass is 117 g/mol. The molecular formula is C4H7NOS. The molecule has 1 unspecified atom stereocenters. The second-order valence-corrected chi connectivity index (χ2v) is 2.30. The number of rotatable bonds is 1. The van der Waals surface area contributed by atoms with Crippen LogP contribution in [0.1, 0.15) is 0 Å². The van der Waals surface area contributed by atoms with E-state index >= 15 is 0 Å². The molecule has 2 nitrogen and oxygen atoms in total. The first-order chi connectivity index (χ1) is 3.43. The number of aliphatic hydroxyl groups is 1. The minimum absolute atomic E-state index is 0.185. The van der Waals surface area contributed by atoms with E-state index in [2.05, 4.69) is 4.99 Å². The summed E-state index contributed by atoms with van der Waals surface area (Å²) in [4.78, 5) is 3.94. The molecule has 0 amide bonds. The third kappa shape index (κ3) is 1.17. The first-order valence-corrected chi connectivity index (χ1v) is 3.22. The van der Waals surface area contributed by atoms with Crippen LogP contribution in [-0.4, -0.2) is 29.1 Å². The molecule has 3 heteroatoms. The van der Waals surface area contributed by atoms with Crippen molar-refractivity contribution in [2.45, 2.75) is 6.04 Å². The van der Waals surface area contributed by atoms with Gasteiger partial charge in [-0.05, 0) is 0 Å². The van der Waals surface area contributed by atoms with E-state index in [0.717, 1.165) is 5.75 Å². The van der Waals surface area contributed by atoms with Crippen LogP contribution >= 0.6 is 11.8 Å². The molecule has 0 spiro atoms. The number of aliphatic hydroxyl groups excluding tert-OH is 1. The lowest BCUT2D eigenvalue weighted by Gasteiger charge is -1.95. The molecule has 1 aliphatic heterocycles. The minimum atomic E-state index is 0.185. The van der Waals surface area contributed by atoms with Gasteiger partial charge in [0.05, 0.1) is 18.2 Å². The lowest BCUT2D eigenvalue weighted by Crippen LogP contribution is -2.08. The van der Waals surface area contributed by atoms with E-state index in [1.807, 2.05) is 0 Å². The van der Waals surface area contributed by atoms with Crippen molar-refractivity contribution in [3.8, 4) is 0 Å². The third-order valence-electron chi connectivity index (χ3n) is 0.846. The van der Waals surface area contributed by atoms with Crippen LogP contribution in [-0.2, 0) is 0 Å². The Morgan fingerprint density at radius 2 is 2.86 bits per heavy atom. The highest BCUT2D eigenvalue weighted by atomic mass is 32.2. The van der Waals surface area contributed by atoms with Crippen LogP contribution in [0.25, 0.3) is 0 Å². The van der Waals surface area contributed by atoms with Crippen LogP contribution in [0.15, 0.2) is 4.99 Å². The van der Waals surface area contributed by atoms with Crippen molar-refractivity contribution in [3.05, 3.63) is 0 Å². The van der Waals surface area contributed by atoms with E-state index in [1.54, 1.807) is 17.3 Å². The first-order valence-electron chi connectivity index (χ1n) is 2.17. The molecule has 0 aliphatic carbocycles. The molecule has 7 heavy (non-hydrogen) atoms. The zero-order valence-corrected chi connectivity index (χ0v) is 4.69. The molecule has 1 aliphatic rings. The van der Waals surface area contributed by atoms with E-state index in [0.29, 0.717) is 0 Å². The third-order valence-corrected chi connectivity index (χ3v) is 1.69. The maximum Gasteiger partial charge on any atom is 0.0830 e. The van der Waals surface area contributed by atoms with E-state index < -0.39 is 0 Å². The second kappa shape index (κ2) is 2.33. The van der Waals surface area contributed by atoms with E-state index in [4.69, 9.17) is 5.11 Å². The molecule has 1 heterocycles. The molecule has 0 saturated heterocycles. The zero-order chi connectivity index (χ0) is 5.11. The minimum Gasteiger partial charge on any atom is -0.394 e. The van der Waals surface area contributed by atoms with E-state index in [1.165, 1.54) is 0 Å². The highest BCUT2D eigenvalue weighted by Crippen LogP contribution is 2.09. The molecule has 1 N–H and O–H groups in total. The summed E-state index contributed by atoms with van der Waals surface area (Å²) in [6.07, 6.45) is 0. The number of hydrogen-bond acceptors (Lipinski definition) is 3. The predicted octanol–water partition coefficient (Wildman–Crippen LogP) is 0.122. The summed E-state index contributed by atoms with van der Waals surface area (Å²) in [5.74, 6) is 0.955. The molecule has 1 atom stereocenters. The Morgan fingerprint density at radius 1 is 2.00 bits per heavy atom. The van der Waals surface area contributed by atoms with Crippen LogP contribution in [0.4, 0.5) is 0 Å². The molecule has 0 aromatic carbocycles. The lowest BCUT2D eigenvalue weighted by atomic mass is 10.4. The summed E-state index contributed by atoms with van der Waals surface area (Å²) in [5.41, 5.74) is 1.79. The Bertz CT molecular complexity index is 83.8. The smallest absolute Gasteiger partial charge is 0.0830 e. The number of hydrogen-bond donors (Lipinski definition) is 1. The van der Waals surface area contributed by atoms with Crippen molar-refractivity contribution in [2.24, 2.45) is 4.99 Å². The average molecular weight is 117 g/mol. The topological polar surface area (TPSA) is 32.6 Å². The van der Waals surface area contributed by atoms with Gasteiger partial charge in [0.2, 0.25) is 0 Å². The van der Waals surface area contributed by atoms with Gasteiger partial charge in [-0.1, -0.05) is 0 Å². The molecule has 0 aromatic rings. The molecule has 0 aromatic heterocycles. The molecule has 40 valence electrons. The van der Waals surface area contributed by atoms with Crippen molar-refractivity contribution in [1.29, 1.82) is 0 Å². The Kier molecular flexibility index (Phi) is 1.70. The van der Waals surface area contributed by atoms with Gasteiger partial charge in [0.25, 0.3) is 0 Å². The Balaban J connectivity index is 2.28. The highest BCUT2D eigenvalue weighted by Gasteiger charge is 2.07. The van der Waals surface area contributed by atoms with Gasteiger partial charge in [-0.3, -0.25) is 4.99 Å². The number of aliphatic imine (C=N–C) groups is 1. The molecule has 0 radical (unpaired) electrons. The maximum atomic E-state index is 8.44. The summed E-state index contributed by atoms with van der Waals surface area (Å²) < 4.78 is 0. The molecule has 0 fully saturated rings. The zero-order valence-electron chi connectivity index (χ0n) is 3.87. The van der Waals surface area contributed by atoms with Crippen molar-refractivity contribution < 1.29 is 5.11 Å². The van der Waals surface area contributed by atoms with Gasteiger partial charge in [0, 0.05) is 5.75 Å². The van der Waals surface area contributed by atoms with Gasteiger partial charge in [-0.25, -0.2) is 0 Å². The Morgan fingerprint density at radius 3 is 3.14 bits per heavy atom. The van der Waals surface area contributed by atoms with Crippen LogP contribution in [0.5, 0.6) is 0 Å². The largest absolute Gasteiger partial charge is 0.394 e. The summed E-state index contributed by atoms with van der Waals surface area (Å²) in [7, 11) is 0. The highest BCUT2D eigenvalue weighted by molar-refractivity contribution is 8.12. The predicted molar refractivity (Wildman–Crippen MR) is 31.8 cm³/mol. The van der Waals surface area contributed by atoms with Gasteiger partial charge in [-0.2, -0.15) is 0 Å². The first kappa shape index (κ1) is 5.12. The fourth-order valence-electron chi connectivity index (χ4n) is 0.426. The summed E-state index contributed by atoms with van der Waals surface area (Å²) >= 11 is 1.66. The fraction of sp³-hybridized carbons (Fsp3) is 0.750. The molecule has 0 saturated carbocycles. The van der Waals surface area contributed by atoms with Gasteiger partial charge in [0.15, 0.2) is 0 Å². The number of thioether (sulfide) groups is 1. The van der Waals surface area contributed by atoms with Gasteiger partial charge < -0.3 is 5.11 Å². The van der Waals surface area contributed by atoms with E-state index in [-0.39, 0.29) is 12.6 Å². The Hall–Kier alpha value is -0.0200. The van der Waals surface area contributed by atoms with Crippen molar-refractivity contribution in [2.75, 3.05) is 12.4 Å². The van der Waals surface area contributed by atoms with Crippen LogP contribution in [0.3, 0.4) is 0 Å². The van der Waals surface area contributed by atoms with E-state index in [9.17, 15) is 0 Å². The quantitative estimate of drug-likeness (QED) is 0.529. The van der Waals surface area contributed by atoms with Crippen molar-refractivity contribution in [1.82, 2.24) is 0 Å². The molecule has 1 rings (SSSR count). The second-order valence-electron chi connectivity index (χ2n) is 1.42. The maximum absolute atomic E-state index is 8.44. The van der Waals surface area contributed by atoms with Gasteiger partial charge >= 0.3 is 0 Å². The summed E-state index contributed by atoms with van der Waals surface area (Å²) in [6.45, 7) is 0.198. The Labute approximate surface area is 46.6 Å². The normalized spacial score (nSPS) is 29.0. The van der Waals surface area contributed by atoms with Gasteiger partial charge in [-0.15, -0.1) is 11.8 Å². The van der Waals surface area contributed by atoms with Crippen molar-refractivity contribution >= 4 is 17.3 Å². The molecule has 0 bridgehead atoms. The SMILES string of the molecule is OCC1CSC=N1. The van der Waals surface area contributed by atoms with Crippen LogP contribution < -0.4 is 0 Å². The number of nitrogens with zero attached hydrogens (tertiary/aromatic N) is 1. The van der Waals surface area contributed by atoms with Crippen LogP contribution in [0, 0.1) is 0 Å². The lowest BCUT2D eigenvalue weighted by molar-refractivity contribution is 0.277.